The molecular weight excluding hydrogens is 380 g/mol. The van der Waals surface area contributed by atoms with E-state index in [0.29, 0.717) is 17.2 Å². The molecule has 152 valence electrons. The van der Waals surface area contributed by atoms with E-state index in [1.807, 2.05) is 26.8 Å². The second-order valence-corrected chi connectivity index (χ2v) is 9.00. The maximum atomic E-state index is 12.9. The quantitative estimate of drug-likeness (QED) is 0.762. The molecule has 0 saturated carbocycles. The SMILES string of the molecule is COc1ccc(S(=O)(=O)Nc2cc(C(C)(C)C)ccc2OC)cc1NC(C)=O. The fraction of sp³-hybridized carbons (Fsp3) is 0.350. The highest BCUT2D eigenvalue weighted by Crippen LogP contribution is 2.34. The maximum Gasteiger partial charge on any atom is 0.262 e. The Morgan fingerprint density at radius 1 is 0.929 bits per heavy atom. The standard InChI is InChI=1S/C20H26N2O5S/c1-13(23)21-16-12-15(8-10-18(16)26-5)28(24,25)22-17-11-14(20(2,3)4)7-9-19(17)27-6/h7-12,22H,1-6H3,(H,21,23). The topological polar surface area (TPSA) is 93.7 Å². The van der Waals surface area contributed by atoms with Crippen molar-refractivity contribution in [2.45, 2.75) is 38.0 Å². The monoisotopic (exact) mass is 406 g/mol. The van der Waals surface area contributed by atoms with Crippen molar-refractivity contribution in [2.24, 2.45) is 0 Å². The number of rotatable bonds is 6. The molecule has 2 N–H and O–H groups in total. The number of methoxy groups -OCH3 is 2. The first kappa shape index (κ1) is 21.6. The van der Waals surface area contributed by atoms with Crippen molar-refractivity contribution in [1.82, 2.24) is 0 Å². The molecule has 8 heteroatoms. The number of hydrogen-bond donors (Lipinski definition) is 2. The van der Waals surface area contributed by atoms with Gasteiger partial charge in [-0.25, -0.2) is 8.42 Å². The van der Waals surface area contributed by atoms with E-state index in [9.17, 15) is 13.2 Å². The van der Waals surface area contributed by atoms with Gasteiger partial charge in [0.2, 0.25) is 5.91 Å². The molecular formula is C20H26N2O5S. The first-order valence-corrected chi connectivity index (χ1v) is 10.1. The van der Waals surface area contributed by atoms with E-state index in [-0.39, 0.29) is 21.9 Å². The van der Waals surface area contributed by atoms with Crippen molar-refractivity contribution in [3.05, 3.63) is 42.0 Å². The summed E-state index contributed by atoms with van der Waals surface area (Å²) in [4.78, 5) is 11.4. The Labute approximate surface area is 166 Å². The third kappa shape index (κ3) is 4.95. The van der Waals surface area contributed by atoms with Gasteiger partial charge in [-0.2, -0.15) is 0 Å². The molecule has 0 atom stereocenters. The summed E-state index contributed by atoms with van der Waals surface area (Å²) in [5, 5.41) is 2.57. The average molecular weight is 407 g/mol. The van der Waals surface area contributed by atoms with Crippen molar-refractivity contribution in [1.29, 1.82) is 0 Å². The molecule has 0 aromatic heterocycles. The van der Waals surface area contributed by atoms with E-state index in [2.05, 4.69) is 10.0 Å². The molecule has 28 heavy (non-hydrogen) atoms. The summed E-state index contributed by atoms with van der Waals surface area (Å²) < 4.78 is 39.0. The Morgan fingerprint density at radius 2 is 1.50 bits per heavy atom. The summed E-state index contributed by atoms with van der Waals surface area (Å²) in [5.41, 5.74) is 1.41. The van der Waals surface area contributed by atoms with Crippen LogP contribution in [0.1, 0.15) is 33.3 Å². The summed E-state index contributed by atoms with van der Waals surface area (Å²) in [6.07, 6.45) is 0. The number of sulfonamides is 1. The molecule has 0 bridgehead atoms. The highest BCUT2D eigenvalue weighted by molar-refractivity contribution is 7.92. The van der Waals surface area contributed by atoms with E-state index in [1.165, 1.54) is 39.3 Å². The lowest BCUT2D eigenvalue weighted by atomic mass is 9.87. The van der Waals surface area contributed by atoms with Gasteiger partial charge in [-0.15, -0.1) is 0 Å². The fourth-order valence-electron chi connectivity index (χ4n) is 2.60. The van der Waals surface area contributed by atoms with E-state index in [4.69, 9.17) is 9.47 Å². The number of carbonyl (C=O) groups excluding carboxylic acids is 1. The Morgan fingerprint density at radius 3 is 2.04 bits per heavy atom. The molecule has 0 unspecified atom stereocenters. The Kier molecular flexibility index (Phi) is 6.23. The van der Waals surface area contributed by atoms with Crippen molar-refractivity contribution in [3.63, 3.8) is 0 Å². The molecule has 0 saturated heterocycles. The highest BCUT2D eigenvalue weighted by atomic mass is 32.2. The van der Waals surface area contributed by atoms with Crippen molar-refractivity contribution in [2.75, 3.05) is 24.3 Å². The lowest BCUT2D eigenvalue weighted by Gasteiger charge is -2.21. The molecule has 0 aliphatic rings. The number of benzene rings is 2. The molecule has 7 nitrogen and oxygen atoms in total. The normalized spacial score (nSPS) is 11.6. The molecule has 2 aromatic carbocycles. The van der Waals surface area contributed by atoms with Crippen LogP contribution in [0.15, 0.2) is 41.3 Å². The molecule has 0 radical (unpaired) electrons. The summed E-state index contributed by atoms with van der Waals surface area (Å²) in [6.45, 7) is 7.45. The van der Waals surface area contributed by atoms with Crippen molar-refractivity contribution < 1.29 is 22.7 Å². The van der Waals surface area contributed by atoms with Crippen LogP contribution in [0.4, 0.5) is 11.4 Å². The molecule has 2 rings (SSSR count). The minimum atomic E-state index is -3.93. The minimum absolute atomic E-state index is 0.0136. The van der Waals surface area contributed by atoms with Crippen LogP contribution in [-0.2, 0) is 20.2 Å². The van der Waals surface area contributed by atoms with Crippen LogP contribution in [0, 0.1) is 0 Å². The number of ether oxygens (including phenoxy) is 2. The molecule has 1 amide bonds. The second-order valence-electron chi connectivity index (χ2n) is 7.31. The number of nitrogens with one attached hydrogen (secondary N) is 2. The maximum absolute atomic E-state index is 12.9. The first-order valence-electron chi connectivity index (χ1n) is 8.65. The zero-order valence-electron chi connectivity index (χ0n) is 16.9. The zero-order valence-corrected chi connectivity index (χ0v) is 17.7. The number of anilines is 2. The van der Waals surface area contributed by atoms with Crippen molar-refractivity contribution in [3.8, 4) is 11.5 Å². The van der Waals surface area contributed by atoms with Gasteiger partial charge in [0, 0.05) is 6.92 Å². The number of carbonyl (C=O) groups is 1. The van der Waals surface area contributed by atoms with Crippen LogP contribution in [0.25, 0.3) is 0 Å². The third-order valence-corrected chi connectivity index (χ3v) is 5.46. The van der Waals surface area contributed by atoms with Crippen LogP contribution < -0.4 is 19.5 Å². The largest absolute Gasteiger partial charge is 0.495 e. The lowest BCUT2D eigenvalue weighted by molar-refractivity contribution is -0.114. The van der Waals surface area contributed by atoms with Gasteiger partial charge in [0.05, 0.1) is 30.5 Å². The van der Waals surface area contributed by atoms with E-state index >= 15 is 0 Å². The average Bonchev–Trinajstić information content (AvgIpc) is 2.60. The predicted molar refractivity (Wildman–Crippen MR) is 110 cm³/mol. The minimum Gasteiger partial charge on any atom is -0.495 e. The van der Waals surface area contributed by atoms with Crippen LogP contribution in [0.5, 0.6) is 11.5 Å². The van der Waals surface area contributed by atoms with Crippen LogP contribution >= 0.6 is 0 Å². The van der Waals surface area contributed by atoms with Gasteiger partial charge in [0.15, 0.2) is 0 Å². The predicted octanol–water partition coefficient (Wildman–Crippen LogP) is 3.76. The lowest BCUT2D eigenvalue weighted by Crippen LogP contribution is -2.16. The number of hydrogen-bond acceptors (Lipinski definition) is 5. The summed E-state index contributed by atoms with van der Waals surface area (Å²) >= 11 is 0. The molecule has 0 fully saturated rings. The molecule has 0 aliphatic carbocycles. The summed E-state index contributed by atoms with van der Waals surface area (Å²) in [7, 11) is -1.01. The zero-order chi connectivity index (χ0) is 21.1. The Hall–Kier alpha value is -2.74. The van der Waals surface area contributed by atoms with Gasteiger partial charge >= 0.3 is 0 Å². The number of amides is 1. The highest BCUT2D eigenvalue weighted by Gasteiger charge is 2.21. The smallest absolute Gasteiger partial charge is 0.262 e. The van der Waals surface area contributed by atoms with Crippen LogP contribution in [0.2, 0.25) is 0 Å². The summed E-state index contributed by atoms with van der Waals surface area (Å²) in [6, 6.07) is 9.64. The van der Waals surface area contributed by atoms with Crippen LogP contribution in [-0.4, -0.2) is 28.5 Å². The summed E-state index contributed by atoms with van der Waals surface area (Å²) in [5.74, 6) is 0.439. The van der Waals surface area contributed by atoms with Gasteiger partial charge in [0.1, 0.15) is 11.5 Å². The van der Waals surface area contributed by atoms with Gasteiger partial charge < -0.3 is 14.8 Å². The van der Waals surface area contributed by atoms with E-state index < -0.39 is 10.0 Å². The van der Waals surface area contributed by atoms with Crippen LogP contribution in [0.3, 0.4) is 0 Å². The fourth-order valence-corrected chi connectivity index (χ4v) is 3.69. The molecule has 2 aromatic rings. The van der Waals surface area contributed by atoms with E-state index in [0.717, 1.165) is 5.56 Å². The van der Waals surface area contributed by atoms with Gasteiger partial charge in [-0.3, -0.25) is 9.52 Å². The molecule has 0 aliphatic heterocycles. The third-order valence-electron chi connectivity index (χ3n) is 4.10. The second kappa shape index (κ2) is 8.10. The molecule has 0 heterocycles. The Bertz CT molecular complexity index is 979. The van der Waals surface area contributed by atoms with Gasteiger partial charge in [-0.05, 0) is 41.3 Å². The van der Waals surface area contributed by atoms with Gasteiger partial charge in [0.25, 0.3) is 10.0 Å². The Balaban J connectivity index is 2.47. The first-order chi connectivity index (χ1) is 13.0. The van der Waals surface area contributed by atoms with E-state index in [1.54, 1.807) is 12.1 Å². The molecule has 0 spiro atoms. The van der Waals surface area contributed by atoms with Gasteiger partial charge in [-0.1, -0.05) is 26.8 Å². The van der Waals surface area contributed by atoms with Crippen molar-refractivity contribution >= 4 is 27.3 Å².